The number of aliphatic hydroxyl groups excluding tert-OH is 1. The molecule has 1 aromatic rings. The van der Waals surface area contributed by atoms with E-state index in [0.717, 1.165) is 31.4 Å². The van der Waals surface area contributed by atoms with E-state index in [9.17, 15) is 4.39 Å². The van der Waals surface area contributed by atoms with Crippen molar-refractivity contribution in [3.8, 4) is 0 Å². The highest BCUT2D eigenvalue weighted by molar-refractivity contribution is 6.30. The van der Waals surface area contributed by atoms with E-state index in [1.54, 1.807) is 6.07 Å². The molecule has 102 valence electrons. The molecule has 0 spiro atoms. The number of nitrogens with two attached hydrogens (primary N) is 1. The number of rotatable bonds is 8. The highest BCUT2D eigenvalue weighted by atomic mass is 35.5. The molecule has 1 rings (SSSR count). The Labute approximate surface area is 112 Å². The van der Waals surface area contributed by atoms with E-state index in [4.69, 9.17) is 22.4 Å². The molecule has 0 amide bonds. The zero-order valence-corrected chi connectivity index (χ0v) is 11.1. The molecular weight excluding hydrogens is 255 g/mol. The summed E-state index contributed by atoms with van der Waals surface area (Å²) in [6, 6.07) is 4.36. The summed E-state index contributed by atoms with van der Waals surface area (Å²) in [5.41, 5.74) is 6.45. The Morgan fingerprint density at radius 1 is 1.28 bits per heavy atom. The van der Waals surface area contributed by atoms with Crippen LogP contribution >= 0.6 is 11.6 Å². The first kappa shape index (κ1) is 15.4. The Kier molecular flexibility index (Phi) is 7.20. The highest BCUT2D eigenvalue weighted by Gasteiger charge is 2.10. The van der Waals surface area contributed by atoms with Gasteiger partial charge in [-0.1, -0.05) is 11.6 Å². The van der Waals surface area contributed by atoms with Crippen LogP contribution in [0.3, 0.4) is 0 Å². The van der Waals surface area contributed by atoms with Gasteiger partial charge in [-0.2, -0.15) is 0 Å². The van der Waals surface area contributed by atoms with Gasteiger partial charge < -0.3 is 16.2 Å². The Morgan fingerprint density at radius 3 is 2.67 bits per heavy atom. The summed E-state index contributed by atoms with van der Waals surface area (Å²) in [7, 11) is 0. The van der Waals surface area contributed by atoms with Crippen LogP contribution in [0.25, 0.3) is 0 Å². The Morgan fingerprint density at radius 2 is 2.06 bits per heavy atom. The van der Waals surface area contributed by atoms with Gasteiger partial charge in [0.25, 0.3) is 0 Å². The molecule has 1 aromatic carbocycles. The molecule has 0 fully saturated rings. The number of benzene rings is 1. The molecule has 0 bridgehead atoms. The van der Waals surface area contributed by atoms with E-state index < -0.39 is 0 Å². The van der Waals surface area contributed by atoms with E-state index in [1.165, 1.54) is 12.1 Å². The molecule has 4 N–H and O–H groups in total. The summed E-state index contributed by atoms with van der Waals surface area (Å²) in [6.07, 6.45) is 2.73. The zero-order valence-electron chi connectivity index (χ0n) is 10.3. The van der Waals surface area contributed by atoms with Crippen LogP contribution in [0.15, 0.2) is 18.2 Å². The maximum atomic E-state index is 13.2. The molecule has 3 nitrogen and oxygen atoms in total. The van der Waals surface area contributed by atoms with Gasteiger partial charge in [0.2, 0.25) is 0 Å². The monoisotopic (exact) mass is 274 g/mol. The molecule has 0 radical (unpaired) electrons. The fraction of sp³-hybridized carbons (Fsp3) is 0.538. The molecule has 5 heteroatoms. The summed E-state index contributed by atoms with van der Waals surface area (Å²) in [5.74, 6) is -0.349. The maximum absolute atomic E-state index is 13.2. The molecule has 0 saturated heterocycles. The van der Waals surface area contributed by atoms with Gasteiger partial charge in [0.05, 0.1) is 0 Å². The van der Waals surface area contributed by atoms with Crippen molar-refractivity contribution in [1.29, 1.82) is 0 Å². The van der Waals surface area contributed by atoms with Gasteiger partial charge in [0, 0.05) is 24.2 Å². The van der Waals surface area contributed by atoms with Crippen molar-refractivity contribution in [2.24, 2.45) is 5.73 Å². The summed E-state index contributed by atoms with van der Waals surface area (Å²) >= 11 is 5.82. The quantitative estimate of drug-likeness (QED) is 0.637. The van der Waals surface area contributed by atoms with E-state index in [1.807, 2.05) is 0 Å². The Hall–Kier alpha value is -0.680. The van der Waals surface area contributed by atoms with Crippen LogP contribution in [0.5, 0.6) is 0 Å². The van der Waals surface area contributed by atoms with E-state index in [-0.39, 0.29) is 18.5 Å². The van der Waals surface area contributed by atoms with Crippen molar-refractivity contribution in [2.75, 3.05) is 19.7 Å². The molecule has 18 heavy (non-hydrogen) atoms. The predicted octanol–water partition coefficient (Wildman–Crippen LogP) is 2.23. The largest absolute Gasteiger partial charge is 0.396 e. The van der Waals surface area contributed by atoms with Crippen molar-refractivity contribution < 1.29 is 9.50 Å². The molecule has 0 aliphatic carbocycles. The first-order valence-corrected chi connectivity index (χ1v) is 6.55. The average Bonchev–Trinajstić information content (AvgIpc) is 2.32. The number of halogens is 2. The molecule has 1 atom stereocenters. The second-order valence-corrected chi connectivity index (χ2v) is 4.67. The number of nitrogens with one attached hydrogen (secondary N) is 1. The van der Waals surface area contributed by atoms with Crippen LogP contribution in [0.4, 0.5) is 4.39 Å². The van der Waals surface area contributed by atoms with Gasteiger partial charge in [-0.3, -0.25) is 0 Å². The lowest BCUT2D eigenvalue weighted by molar-refractivity contribution is 0.282. The number of aliphatic hydroxyl groups is 1. The first-order chi connectivity index (χ1) is 8.67. The van der Waals surface area contributed by atoms with Gasteiger partial charge in [0.1, 0.15) is 5.82 Å². The number of hydrogen-bond acceptors (Lipinski definition) is 3. The first-order valence-electron chi connectivity index (χ1n) is 6.17. The van der Waals surface area contributed by atoms with Gasteiger partial charge in [-0.05, 0) is 49.6 Å². The van der Waals surface area contributed by atoms with Crippen LogP contribution in [-0.4, -0.2) is 24.8 Å². The van der Waals surface area contributed by atoms with E-state index >= 15 is 0 Å². The SMILES string of the molecule is NCC(NCCCCCO)c1cc(F)cc(Cl)c1. The van der Waals surface area contributed by atoms with Crippen molar-refractivity contribution in [1.82, 2.24) is 5.32 Å². The third kappa shape index (κ3) is 5.31. The number of hydrogen-bond donors (Lipinski definition) is 3. The van der Waals surface area contributed by atoms with Crippen LogP contribution in [0, 0.1) is 5.82 Å². The van der Waals surface area contributed by atoms with Gasteiger partial charge in [-0.15, -0.1) is 0 Å². The second kappa shape index (κ2) is 8.43. The molecule has 0 saturated carbocycles. The smallest absolute Gasteiger partial charge is 0.125 e. The normalized spacial score (nSPS) is 12.7. The predicted molar refractivity (Wildman–Crippen MR) is 72.1 cm³/mol. The van der Waals surface area contributed by atoms with Crippen LogP contribution in [-0.2, 0) is 0 Å². The lowest BCUT2D eigenvalue weighted by atomic mass is 10.1. The van der Waals surface area contributed by atoms with Gasteiger partial charge in [-0.25, -0.2) is 4.39 Å². The molecule has 0 aliphatic rings. The highest BCUT2D eigenvalue weighted by Crippen LogP contribution is 2.19. The van der Waals surface area contributed by atoms with Crippen LogP contribution in [0.1, 0.15) is 30.9 Å². The Bertz CT molecular complexity index is 343. The second-order valence-electron chi connectivity index (χ2n) is 4.23. The molecule has 0 aromatic heterocycles. The molecule has 1 unspecified atom stereocenters. The summed E-state index contributed by atoms with van der Waals surface area (Å²) in [6.45, 7) is 1.40. The van der Waals surface area contributed by atoms with Crippen LogP contribution in [0.2, 0.25) is 5.02 Å². The third-order valence-electron chi connectivity index (χ3n) is 2.75. The molecule has 0 aliphatic heterocycles. The lowest BCUT2D eigenvalue weighted by Crippen LogP contribution is -2.29. The van der Waals surface area contributed by atoms with Crippen LogP contribution < -0.4 is 11.1 Å². The molecule has 0 heterocycles. The summed E-state index contributed by atoms with van der Waals surface area (Å²) in [5, 5.41) is 12.3. The minimum atomic E-state index is -0.349. The maximum Gasteiger partial charge on any atom is 0.125 e. The van der Waals surface area contributed by atoms with E-state index in [0.29, 0.717) is 11.6 Å². The zero-order chi connectivity index (χ0) is 13.4. The van der Waals surface area contributed by atoms with Crippen molar-refractivity contribution in [3.05, 3.63) is 34.6 Å². The average molecular weight is 275 g/mol. The van der Waals surface area contributed by atoms with Gasteiger partial charge in [0.15, 0.2) is 0 Å². The summed E-state index contributed by atoms with van der Waals surface area (Å²) < 4.78 is 13.2. The minimum Gasteiger partial charge on any atom is -0.396 e. The van der Waals surface area contributed by atoms with Crippen molar-refractivity contribution in [2.45, 2.75) is 25.3 Å². The minimum absolute atomic E-state index is 0.0904. The fourth-order valence-electron chi connectivity index (χ4n) is 1.80. The van der Waals surface area contributed by atoms with Crippen molar-refractivity contribution >= 4 is 11.6 Å². The van der Waals surface area contributed by atoms with E-state index in [2.05, 4.69) is 5.32 Å². The van der Waals surface area contributed by atoms with Crippen molar-refractivity contribution in [3.63, 3.8) is 0 Å². The summed E-state index contributed by atoms with van der Waals surface area (Å²) in [4.78, 5) is 0. The standard InChI is InChI=1S/C13H20ClFN2O/c14-11-6-10(7-12(15)8-11)13(9-16)17-4-2-1-3-5-18/h6-8,13,17-18H,1-5,9,16H2. The lowest BCUT2D eigenvalue weighted by Gasteiger charge is -2.17. The van der Waals surface area contributed by atoms with Gasteiger partial charge >= 0.3 is 0 Å². The topological polar surface area (TPSA) is 58.3 Å². The molecular formula is C13H20ClFN2O. The third-order valence-corrected chi connectivity index (χ3v) is 2.97. The fourth-order valence-corrected chi connectivity index (χ4v) is 2.03. The Balaban J connectivity index is 2.49. The number of unbranched alkanes of at least 4 members (excludes halogenated alkanes) is 2.